The lowest BCUT2D eigenvalue weighted by molar-refractivity contribution is -0.143. The van der Waals surface area contributed by atoms with Crippen molar-refractivity contribution in [2.24, 2.45) is 0 Å². The summed E-state index contributed by atoms with van der Waals surface area (Å²) >= 11 is 0. The van der Waals surface area contributed by atoms with Gasteiger partial charge >= 0.3 is 5.97 Å². The zero-order valence-corrected chi connectivity index (χ0v) is 9.93. The Labute approximate surface area is 101 Å². The molecule has 1 unspecified atom stereocenters. The number of aryl methyl sites for hydroxylation is 1. The van der Waals surface area contributed by atoms with Crippen LogP contribution in [0.3, 0.4) is 0 Å². The number of anilines is 1. The SMILES string of the molecule is COC(=O)C(CO)N1CCCc2ccccc21. The number of carbonyl (C=O) groups is 1. The average Bonchev–Trinajstić information content (AvgIpc) is 2.39. The van der Waals surface area contributed by atoms with Gasteiger partial charge in [0, 0.05) is 12.2 Å². The lowest BCUT2D eigenvalue weighted by Gasteiger charge is -2.35. The molecule has 4 nitrogen and oxygen atoms in total. The number of methoxy groups -OCH3 is 1. The van der Waals surface area contributed by atoms with Crippen molar-refractivity contribution in [2.75, 3.05) is 25.2 Å². The standard InChI is InChI=1S/C13H17NO3/c1-17-13(16)12(9-15)14-8-4-6-10-5-2-3-7-11(10)14/h2-3,5,7,12,15H,4,6,8-9H2,1H3. The first-order chi connectivity index (χ1) is 8.27. The number of ether oxygens (including phenoxy) is 1. The molecule has 2 rings (SSSR count). The highest BCUT2D eigenvalue weighted by atomic mass is 16.5. The van der Waals surface area contributed by atoms with Gasteiger partial charge in [0.25, 0.3) is 0 Å². The molecule has 1 atom stereocenters. The van der Waals surface area contributed by atoms with Gasteiger partial charge in [0.2, 0.25) is 0 Å². The summed E-state index contributed by atoms with van der Waals surface area (Å²) in [5.74, 6) is -0.385. The molecule has 0 fully saturated rings. The maximum absolute atomic E-state index is 11.6. The molecule has 1 aromatic carbocycles. The summed E-state index contributed by atoms with van der Waals surface area (Å²) in [7, 11) is 1.35. The Balaban J connectivity index is 2.30. The minimum Gasteiger partial charge on any atom is -0.467 e. The highest BCUT2D eigenvalue weighted by Gasteiger charge is 2.29. The van der Waals surface area contributed by atoms with Gasteiger partial charge in [-0.15, -0.1) is 0 Å². The molecule has 1 aromatic rings. The smallest absolute Gasteiger partial charge is 0.330 e. The van der Waals surface area contributed by atoms with Gasteiger partial charge in [-0.3, -0.25) is 0 Å². The van der Waals surface area contributed by atoms with E-state index in [1.807, 2.05) is 23.1 Å². The summed E-state index contributed by atoms with van der Waals surface area (Å²) in [6, 6.07) is 7.39. The lowest BCUT2D eigenvalue weighted by Crippen LogP contribution is -2.47. The number of fused-ring (bicyclic) bond motifs is 1. The van der Waals surface area contributed by atoms with Crippen molar-refractivity contribution in [1.82, 2.24) is 0 Å². The summed E-state index contributed by atoms with van der Waals surface area (Å²) in [6.07, 6.45) is 2.01. The number of nitrogens with zero attached hydrogens (tertiary/aromatic N) is 1. The van der Waals surface area contributed by atoms with E-state index in [1.54, 1.807) is 0 Å². The predicted molar refractivity (Wildman–Crippen MR) is 65.0 cm³/mol. The van der Waals surface area contributed by atoms with Crippen molar-refractivity contribution >= 4 is 11.7 Å². The number of aliphatic hydroxyl groups is 1. The van der Waals surface area contributed by atoms with Crippen LogP contribution in [-0.2, 0) is 16.0 Å². The minimum atomic E-state index is -0.596. The molecule has 0 radical (unpaired) electrons. The second-order valence-corrected chi connectivity index (χ2v) is 4.15. The third-order valence-electron chi connectivity index (χ3n) is 3.17. The highest BCUT2D eigenvalue weighted by molar-refractivity contribution is 5.81. The van der Waals surface area contributed by atoms with Gasteiger partial charge in [-0.2, -0.15) is 0 Å². The topological polar surface area (TPSA) is 49.8 Å². The van der Waals surface area contributed by atoms with Crippen molar-refractivity contribution in [3.8, 4) is 0 Å². The first-order valence-corrected chi connectivity index (χ1v) is 5.81. The second-order valence-electron chi connectivity index (χ2n) is 4.15. The Morgan fingerprint density at radius 3 is 3.00 bits per heavy atom. The van der Waals surface area contributed by atoms with Crippen LogP contribution in [0.25, 0.3) is 0 Å². The summed E-state index contributed by atoms with van der Waals surface area (Å²) in [5.41, 5.74) is 2.25. The van der Waals surface area contributed by atoms with Gasteiger partial charge < -0.3 is 14.7 Å². The van der Waals surface area contributed by atoms with E-state index in [1.165, 1.54) is 12.7 Å². The van der Waals surface area contributed by atoms with Crippen LogP contribution in [0.4, 0.5) is 5.69 Å². The first-order valence-electron chi connectivity index (χ1n) is 5.81. The van der Waals surface area contributed by atoms with Crippen LogP contribution in [0.1, 0.15) is 12.0 Å². The van der Waals surface area contributed by atoms with Crippen LogP contribution in [0, 0.1) is 0 Å². The number of hydrogen-bond donors (Lipinski definition) is 1. The normalized spacial score (nSPS) is 16.2. The molecule has 1 heterocycles. The van der Waals surface area contributed by atoms with Crippen LogP contribution in [0.5, 0.6) is 0 Å². The van der Waals surface area contributed by atoms with E-state index in [0.717, 1.165) is 25.1 Å². The molecule has 0 spiro atoms. The van der Waals surface area contributed by atoms with Crippen LogP contribution in [0.15, 0.2) is 24.3 Å². The van der Waals surface area contributed by atoms with Crippen molar-refractivity contribution in [1.29, 1.82) is 0 Å². The van der Waals surface area contributed by atoms with Gasteiger partial charge in [-0.25, -0.2) is 4.79 Å². The summed E-state index contributed by atoms with van der Waals surface area (Å²) in [5, 5.41) is 9.36. The van der Waals surface area contributed by atoms with Crippen molar-refractivity contribution in [3.05, 3.63) is 29.8 Å². The van der Waals surface area contributed by atoms with Crippen LogP contribution in [0.2, 0.25) is 0 Å². The average molecular weight is 235 g/mol. The Hall–Kier alpha value is -1.55. The molecule has 0 amide bonds. The van der Waals surface area contributed by atoms with Crippen LogP contribution < -0.4 is 4.90 Å². The first kappa shape index (κ1) is 11.9. The fourth-order valence-electron chi connectivity index (χ4n) is 2.32. The monoisotopic (exact) mass is 235 g/mol. The number of rotatable bonds is 3. The molecule has 92 valence electrons. The highest BCUT2D eigenvalue weighted by Crippen LogP contribution is 2.28. The zero-order chi connectivity index (χ0) is 12.3. The van der Waals surface area contributed by atoms with Gasteiger partial charge in [-0.05, 0) is 24.5 Å². The molecular weight excluding hydrogens is 218 g/mol. The fraction of sp³-hybridized carbons (Fsp3) is 0.462. The third-order valence-corrected chi connectivity index (χ3v) is 3.17. The zero-order valence-electron chi connectivity index (χ0n) is 9.93. The van der Waals surface area contributed by atoms with Gasteiger partial charge in [0.15, 0.2) is 6.04 Å². The molecule has 0 aromatic heterocycles. The molecular formula is C13H17NO3. The second kappa shape index (κ2) is 5.19. The maximum Gasteiger partial charge on any atom is 0.330 e. The van der Waals surface area contributed by atoms with Gasteiger partial charge in [0.1, 0.15) is 0 Å². The van der Waals surface area contributed by atoms with E-state index >= 15 is 0 Å². The summed E-state index contributed by atoms with van der Waals surface area (Å²) < 4.78 is 4.73. The molecule has 1 aliphatic heterocycles. The van der Waals surface area contributed by atoms with E-state index < -0.39 is 6.04 Å². The van der Waals surface area contributed by atoms with E-state index in [4.69, 9.17) is 4.74 Å². The number of hydrogen-bond acceptors (Lipinski definition) is 4. The summed E-state index contributed by atoms with van der Waals surface area (Å²) in [4.78, 5) is 13.6. The van der Waals surface area contributed by atoms with Gasteiger partial charge in [0.05, 0.1) is 13.7 Å². The number of para-hydroxylation sites is 1. The largest absolute Gasteiger partial charge is 0.467 e. The summed E-state index contributed by atoms with van der Waals surface area (Å²) in [6.45, 7) is 0.554. The Kier molecular flexibility index (Phi) is 3.64. The van der Waals surface area contributed by atoms with Crippen molar-refractivity contribution in [2.45, 2.75) is 18.9 Å². The molecule has 0 saturated heterocycles. The third kappa shape index (κ3) is 2.26. The number of benzene rings is 1. The van der Waals surface area contributed by atoms with Gasteiger partial charge in [-0.1, -0.05) is 18.2 Å². The lowest BCUT2D eigenvalue weighted by atomic mass is 10.00. The fourth-order valence-corrected chi connectivity index (χ4v) is 2.32. The molecule has 1 N–H and O–H groups in total. The van der Waals surface area contributed by atoms with Crippen LogP contribution >= 0.6 is 0 Å². The number of carbonyl (C=O) groups excluding carboxylic acids is 1. The molecule has 0 bridgehead atoms. The van der Waals surface area contributed by atoms with Crippen LogP contribution in [-0.4, -0.2) is 37.4 Å². The quantitative estimate of drug-likeness (QED) is 0.793. The van der Waals surface area contributed by atoms with E-state index in [9.17, 15) is 9.90 Å². The van der Waals surface area contributed by atoms with Crippen molar-refractivity contribution in [3.63, 3.8) is 0 Å². The Morgan fingerprint density at radius 1 is 1.53 bits per heavy atom. The molecule has 1 aliphatic rings. The molecule has 0 aliphatic carbocycles. The maximum atomic E-state index is 11.6. The number of esters is 1. The minimum absolute atomic E-state index is 0.221. The Morgan fingerprint density at radius 2 is 2.29 bits per heavy atom. The molecule has 4 heteroatoms. The number of aliphatic hydroxyl groups excluding tert-OH is 1. The molecule has 17 heavy (non-hydrogen) atoms. The van der Waals surface area contributed by atoms with Crippen molar-refractivity contribution < 1.29 is 14.6 Å². The van der Waals surface area contributed by atoms with E-state index in [-0.39, 0.29) is 12.6 Å². The predicted octanol–water partition coefficient (Wildman–Crippen LogP) is 0.973. The van der Waals surface area contributed by atoms with E-state index in [0.29, 0.717) is 0 Å². The molecule has 0 saturated carbocycles. The Bertz CT molecular complexity index is 405. The van der Waals surface area contributed by atoms with E-state index in [2.05, 4.69) is 6.07 Å².